The van der Waals surface area contributed by atoms with Gasteiger partial charge in [0.05, 0.1) is 12.8 Å². The zero-order valence-electron chi connectivity index (χ0n) is 13.6. The van der Waals surface area contributed by atoms with Gasteiger partial charge in [-0.3, -0.25) is 4.79 Å². The molecule has 0 unspecified atom stereocenters. The molecule has 0 saturated carbocycles. The molecule has 0 bridgehead atoms. The summed E-state index contributed by atoms with van der Waals surface area (Å²) in [5.41, 5.74) is 0.735. The van der Waals surface area contributed by atoms with E-state index in [0.717, 1.165) is 0 Å². The van der Waals surface area contributed by atoms with Crippen molar-refractivity contribution < 1.29 is 13.9 Å². The lowest BCUT2D eigenvalue weighted by Gasteiger charge is -2.12. The van der Waals surface area contributed by atoms with Gasteiger partial charge in [0, 0.05) is 12.1 Å². The van der Waals surface area contributed by atoms with Gasteiger partial charge in [0.2, 0.25) is 0 Å². The first kappa shape index (κ1) is 16.9. The smallest absolute Gasteiger partial charge is 0.343 e. The minimum atomic E-state index is -0.733. The fraction of sp³-hybridized carbons (Fsp3) is 0.353. The molecule has 0 amide bonds. The molecule has 2 aromatic rings. The Kier molecular flexibility index (Phi) is 4.93. The first-order valence-electron chi connectivity index (χ1n) is 7.30. The summed E-state index contributed by atoms with van der Waals surface area (Å²) in [7, 11) is 1.21. The second kappa shape index (κ2) is 6.73. The summed E-state index contributed by atoms with van der Waals surface area (Å²) in [5, 5.41) is 4.26. The Bertz CT molecular complexity index is 797. The van der Waals surface area contributed by atoms with Crippen molar-refractivity contribution in [2.75, 3.05) is 7.11 Å². The molecular weight excluding hydrogens is 299 g/mol. The molecular formula is C17H19FN2O3. The van der Waals surface area contributed by atoms with Crippen LogP contribution in [0.5, 0.6) is 0 Å². The van der Waals surface area contributed by atoms with E-state index in [9.17, 15) is 14.0 Å². The number of esters is 1. The van der Waals surface area contributed by atoms with E-state index in [4.69, 9.17) is 0 Å². The summed E-state index contributed by atoms with van der Waals surface area (Å²) in [6, 6.07) is 6.01. The Labute approximate surface area is 133 Å². The lowest BCUT2D eigenvalue weighted by molar-refractivity contribution is 0.0597. The highest BCUT2D eigenvalue weighted by Gasteiger charge is 2.17. The van der Waals surface area contributed by atoms with E-state index in [-0.39, 0.29) is 17.3 Å². The van der Waals surface area contributed by atoms with E-state index in [1.165, 1.54) is 23.9 Å². The molecule has 0 aliphatic carbocycles. The van der Waals surface area contributed by atoms with Crippen LogP contribution in [0.4, 0.5) is 4.39 Å². The fourth-order valence-electron chi connectivity index (χ4n) is 2.16. The molecule has 0 aliphatic heterocycles. The Balaban J connectivity index is 2.65. The van der Waals surface area contributed by atoms with Crippen LogP contribution in [0.15, 0.2) is 29.1 Å². The predicted octanol–water partition coefficient (Wildman–Crippen LogP) is 2.80. The Morgan fingerprint density at radius 3 is 2.61 bits per heavy atom. The third-order valence-electron chi connectivity index (χ3n) is 3.39. The maximum Gasteiger partial charge on any atom is 0.343 e. The number of carbonyl (C=O) groups is 1. The van der Waals surface area contributed by atoms with Crippen molar-refractivity contribution >= 4 is 5.97 Å². The molecule has 0 atom stereocenters. The molecule has 0 fully saturated rings. The van der Waals surface area contributed by atoms with E-state index in [1.807, 2.05) is 13.8 Å². The van der Waals surface area contributed by atoms with E-state index >= 15 is 0 Å². The van der Waals surface area contributed by atoms with E-state index in [2.05, 4.69) is 9.84 Å². The standard InChI is InChI=1S/C17H19FN2O3/c1-10(2)9-20-16(21)13(17(22)23-4)8-15(19-20)12-6-5-11(3)14(18)7-12/h5-8,10H,9H2,1-4H3. The number of benzene rings is 1. The van der Waals surface area contributed by atoms with Gasteiger partial charge in [0.25, 0.3) is 5.56 Å². The first-order valence-corrected chi connectivity index (χ1v) is 7.30. The maximum atomic E-state index is 13.8. The van der Waals surface area contributed by atoms with Crippen molar-refractivity contribution in [3.63, 3.8) is 0 Å². The molecule has 6 heteroatoms. The molecule has 0 radical (unpaired) electrons. The zero-order chi connectivity index (χ0) is 17.1. The monoisotopic (exact) mass is 318 g/mol. The summed E-state index contributed by atoms with van der Waals surface area (Å²) in [6.45, 7) is 5.88. The quantitative estimate of drug-likeness (QED) is 0.813. The van der Waals surface area contributed by atoms with Crippen LogP contribution in [0.1, 0.15) is 29.8 Å². The van der Waals surface area contributed by atoms with Gasteiger partial charge in [-0.05, 0) is 30.5 Å². The molecule has 1 heterocycles. The van der Waals surface area contributed by atoms with Crippen LogP contribution in [0.2, 0.25) is 0 Å². The minimum absolute atomic E-state index is 0.112. The average Bonchev–Trinajstić information content (AvgIpc) is 2.50. The number of hydrogen-bond donors (Lipinski definition) is 0. The molecule has 2 rings (SSSR count). The molecule has 122 valence electrons. The Hall–Kier alpha value is -2.50. The van der Waals surface area contributed by atoms with Crippen molar-refractivity contribution in [1.82, 2.24) is 9.78 Å². The molecule has 0 aliphatic rings. The normalized spacial score (nSPS) is 10.9. The number of nitrogens with zero attached hydrogens (tertiary/aromatic N) is 2. The molecule has 1 aromatic carbocycles. The van der Waals surface area contributed by atoms with Crippen LogP contribution < -0.4 is 5.56 Å². The zero-order valence-corrected chi connectivity index (χ0v) is 13.6. The third kappa shape index (κ3) is 3.64. The first-order chi connectivity index (χ1) is 10.8. The van der Waals surface area contributed by atoms with Gasteiger partial charge in [0.15, 0.2) is 0 Å². The lowest BCUT2D eigenvalue weighted by Crippen LogP contribution is -2.31. The van der Waals surface area contributed by atoms with Crippen molar-refractivity contribution in [2.45, 2.75) is 27.3 Å². The van der Waals surface area contributed by atoms with Gasteiger partial charge in [0.1, 0.15) is 11.4 Å². The Morgan fingerprint density at radius 1 is 1.35 bits per heavy atom. The number of halogens is 1. The molecule has 0 saturated heterocycles. The van der Waals surface area contributed by atoms with Crippen molar-refractivity contribution in [1.29, 1.82) is 0 Å². The predicted molar refractivity (Wildman–Crippen MR) is 84.8 cm³/mol. The number of carbonyl (C=O) groups excluding carboxylic acids is 1. The van der Waals surface area contributed by atoms with Crippen LogP contribution in [0, 0.1) is 18.7 Å². The highest BCUT2D eigenvalue weighted by molar-refractivity contribution is 5.90. The van der Waals surface area contributed by atoms with Crippen molar-refractivity contribution in [2.24, 2.45) is 5.92 Å². The van der Waals surface area contributed by atoms with Gasteiger partial charge in [-0.1, -0.05) is 26.0 Å². The SMILES string of the molecule is COC(=O)c1cc(-c2ccc(C)c(F)c2)nn(CC(C)C)c1=O. The lowest BCUT2D eigenvalue weighted by atomic mass is 10.1. The van der Waals surface area contributed by atoms with Gasteiger partial charge < -0.3 is 4.74 Å². The van der Waals surface area contributed by atoms with E-state index in [0.29, 0.717) is 23.4 Å². The van der Waals surface area contributed by atoms with Gasteiger partial charge in [-0.15, -0.1) is 0 Å². The molecule has 23 heavy (non-hydrogen) atoms. The molecule has 0 spiro atoms. The van der Waals surface area contributed by atoms with Crippen LogP contribution in [-0.4, -0.2) is 22.9 Å². The number of rotatable bonds is 4. The van der Waals surface area contributed by atoms with E-state index < -0.39 is 11.5 Å². The topological polar surface area (TPSA) is 61.2 Å². The summed E-state index contributed by atoms with van der Waals surface area (Å²) in [5.74, 6) is -0.940. The van der Waals surface area contributed by atoms with Crippen molar-refractivity contribution in [3.05, 3.63) is 51.6 Å². The number of aromatic nitrogens is 2. The summed E-state index contributed by atoms with van der Waals surface area (Å²) in [4.78, 5) is 24.2. The number of aryl methyl sites for hydroxylation is 1. The highest BCUT2D eigenvalue weighted by Crippen LogP contribution is 2.20. The molecule has 0 N–H and O–H groups in total. The van der Waals surface area contributed by atoms with Crippen molar-refractivity contribution in [3.8, 4) is 11.3 Å². The molecule has 5 nitrogen and oxygen atoms in total. The van der Waals surface area contributed by atoms with Gasteiger partial charge >= 0.3 is 5.97 Å². The number of methoxy groups -OCH3 is 1. The minimum Gasteiger partial charge on any atom is -0.465 e. The average molecular weight is 318 g/mol. The summed E-state index contributed by atoms with van der Waals surface area (Å²) in [6.07, 6.45) is 0. The fourth-order valence-corrected chi connectivity index (χ4v) is 2.16. The van der Waals surface area contributed by atoms with Gasteiger partial charge in [-0.25, -0.2) is 13.9 Å². The number of ether oxygens (including phenoxy) is 1. The summed E-state index contributed by atoms with van der Waals surface area (Å²) >= 11 is 0. The summed E-state index contributed by atoms with van der Waals surface area (Å²) < 4.78 is 19.7. The maximum absolute atomic E-state index is 13.8. The second-order valence-corrected chi connectivity index (χ2v) is 5.78. The second-order valence-electron chi connectivity index (χ2n) is 5.78. The van der Waals surface area contributed by atoms with Crippen LogP contribution >= 0.6 is 0 Å². The van der Waals surface area contributed by atoms with Gasteiger partial charge in [-0.2, -0.15) is 5.10 Å². The third-order valence-corrected chi connectivity index (χ3v) is 3.39. The number of hydrogen-bond acceptors (Lipinski definition) is 4. The van der Waals surface area contributed by atoms with Crippen LogP contribution in [0.3, 0.4) is 0 Å². The van der Waals surface area contributed by atoms with Crippen LogP contribution in [-0.2, 0) is 11.3 Å². The largest absolute Gasteiger partial charge is 0.465 e. The Morgan fingerprint density at radius 2 is 2.04 bits per heavy atom. The van der Waals surface area contributed by atoms with E-state index in [1.54, 1.807) is 19.1 Å². The van der Waals surface area contributed by atoms with Crippen LogP contribution in [0.25, 0.3) is 11.3 Å². The molecule has 1 aromatic heterocycles. The highest BCUT2D eigenvalue weighted by atomic mass is 19.1.